The second kappa shape index (κ2) is 3.49. The van der Waals surface area contributed by atoms with Gasteiger partial charge in [-0.05, 0) is 47.7 Å². The van der Waals surface area contributed by atoms with E-state index in [1.54, 1.807) is 19.1 Å². The van der Waals surface area contributed by atoms with Crippen LogP contribution in [0.1, 0.15) is 18.6 Å². The third-order valence-electron chi connectivity index (χ3n) is 1.41. The Morgan fingerprint density at radius 2 is 2.18 bits per heavy atom. The number of hydrogen-bond acceptors (Lipinski definition) is 1. The number of rotatable bonds is 1. The monoisotopic (exact) mass is 266 g/mol. The third kappa shape index (κ3) is 2.13. The van der Waals surface area contributed by atoms with Crippen LogP contribution in [0.15, 0.2) is 18.2 Å². The molecule has 60 valence electrons. The summed E-state index contributed by atoms with van der Waals surface area (Å²) in [6, 6.07) is 4.67. The molecule has 3 heteroatoms. The summed E-state index contributed by atoms with van der Waals surface area (Å²) in [6.07, 6.45) is -0.732. The van der Waals surface area contributed by atoms with Crippen molar-refractivity contribution in [1.29, 1.82) is 0 Å². The van der Waals surface area contributed by atoms with E-state index in [1.165, 1.54) is 6.07 Å². The molecule has 0 saturated carbocycles. The normalized spacial score (nSPS) is 13.1. The average Bonchev–Trinajstić information content (AvgIpc) is 1.94. The van der Waals surface area contributed by atoms with E-state index >= 15 is 0 Å². The molecule has 0 aliphatic heterocycles. The Labute approximate surface area is 78.4 Å². The van der Waals surface area contributed by atoms with Gasteiger partial charge in [0, 0.05) is 9.13 Å². The van der Waals surface area contributed by atoms with E-state index in [0.717, 1.165) is 3.57 Å². The van der Waals surface area contributed by atoms with E-state index in [9.17, 15) is 4.39 Å². The van der Waals surface area contributed by atoms with Crippen molar-refractivity contribution in [1.82, 2.24) is 0 Å². The van der Waals surface area contributed by atoms with Crippen LogP contribution in [-0.2, 0) is 0 Å². The molecule has 11 heavy (non-hydrogen) atoms. The zero-order valence-electron chi connectivity index (χ0n) is 6.01. The van der Waals surface area contributed by atoms with E-state index in [4.69, 9.17) is 5.11 Å². The van der Waals surface area contributed by atoms with Gasteiger partial charge in [0.05, 0.1) is 6.10 Å². The molecule has 1 N–H and O–H groups in total. The van der Waals surface area contributed by atoms with E-state index in [2.05, 4.69) is 22.6 Å². The Bertz CT molecular complexity index is 260. The van der Waals surface area contributed by atoms with Crippen LogP contribution in [-0.4, -0.2) is 5.11 Å². The van der Waals surface area contributed by atoms with E-state index in [1.807, 2.05) is 0 Å². The number of aliphatic hydroxyl groups is 1. The average molecular weight is 266 g/mol. The molecular formula is C8H8FIO. The lowest BCUT2D eigenvalue weighted by Crippen LogP contribution is -1.95. The molecule has 0 amide bonds. The molecule has 0 saturated heterocycles. The first kappa shape index (κ1) is 8.93. The topological polar surface area (TPSA) is 20.2 Å². The van der Waals surface area contributed by atoms with Crippen molar-refractivity contribution in [3.63, 3.8) is 0 Å². The molecule has 0 fully saturated rings. The first-order valence-corrected chi connectivity index (χ1v) is 4.32. The predicted molar refractivity (Wildman–Crippen MR) is 49.8 cm³/mol. The van der Waals surface area contributed by atoms with Gasteiger partial charge in [-0.1, -0.05) is 0 Å². The standard InChI is InChI=1S/C8H8FIO/c1-5(11)7-4-6(10)2-3-8(7)9/h2-5,11H,1H3. The number of benzene rings is 1. The summed E-state index contributed by atoms with van der Waals surface area (Å²) in [5.74, 6) is -0.347. The molecule has 1 aromatic carbocycles. The van der Waals surface area contributed by atoms with Gasteiger partial charge in [-0.2, -0.15) is 0 Å². The minimum absolute atomic E-state index is 0.347. The van der Waals surface area contributed by atoms with Gasteiger partial charge < -0.3 is 5.11 Å². The fraction of sp³-hybridized carbons (Fsp3) is 0.250. The highest BCUT2D eigenvalue weighted by Crippen LogP contribution is 2.18. The number of halogens is 2. The van der Waals surface area contributed by atoms with Crippen LogP contribution in [0.25, 0.3) is 0 Å². The maximum Gasteiger partial charge on any atom is 0.129 e. The molecule has 1 aromatic rings. The quantitative estimate of drug-likeness (QED) is 0.774. The summed E-state index contributed by atoms with van der Waals surface area (Å²) in [5.41, 5.74) is 0.358. The molecule has 1 rings (SSSR count). The summed E-state index contributed by atoms with van der Waals surface area (Å²) in [5, 5.41) is 9.09. The Kier molecular flexibility index (Phi) is 2.84. The molecule has 1 unspecified atom stereocenters. The van der Waals surface area contributed by atoms with Gasteiger partial charge in [0.25, 0.3) is 0 Å². The largest absolute Gasteiger partial charge is 0.389 e. The van der Waals surface area contributed by atoms with Gasteiger partial charge in [0.15, 0.2) is 0 Å². The molecule has 0 heterocycles. The van der Waals surface area contributed by atoms with Crippen LogP contribution >= 0.6 is 22.6 Å². The SMILES string of the molecule is CC(O)c1cc(I)ccc1F. The van der Waals surface area contributed by atoms with Gasteiger partial charge in [-0.15, -0.1) is 0 Å². The van der Waals surface area contributed by atoms with Gasteiger partial charge >= 0.3 is 0 Å². The van der Waals surface area contributed by atoms with Gasteiger partial charge in [0.1, 0.15) is 5.82 Å². The number of hydrogen-bond donors (Lipinski definition) is 1. The summed E-state index contributed by atoms with van der Waals surface area (Å²) in [7, 11) is 0. The molecular weight excluding hydrogens is 258 g/mol. The van der Waals surface area contributed by atoms with E-state index in [-0.39, 0.29) is 5.82 Å². The van der Waals surface area contributed by atoms with Gasteiger partial charge in [-0.3, -0.25) is 0 Å². The summed E-state index contributed by atoms with van der Waals surface area (Å²) in [6.45, 7) is 1.55. The van der Waals surface area contributed by atoms with Crippen LogP contribution in [0.3, 0.4) is 0 Å². The predicted octanol–water partition coefficient (Wildman–Crippen LogP) is 2.48. The maximum atomic E-state index is 12.9. The summed E-state index contributed by atoms with van der Waals surface area (Å²) < 4.78 is 13.8. The second-order valence-corrected chi connectivity index (χ2v) is 3.59. The second-order valence-electron chi connectivity index (χ2n) is 2.34. The van der Waals surface area contributed by atoms with Crippen molar-refractivity contribution in [3.8, 4) is 0 Å². The van der Waals surface area contributed by atoms with Crippen LogP contribution in [0.4, 0.5) is 4.39 Å². The van der Waals surface area contributed by atoms with Crippen molar-refractivity contribution in [2.45, 2.75) is 13.0 Å². The Morgan fingerprint density at radius 3 is 2.64 bits per heavy atom. The van der Waals surface area contributed by atoms with E-state index < -0.39 is 6.10 Å². The molecule has 0 bridgehead atoms. The highest BCUT2D eigenvalue weighted by Gasteiger charge is 2.06. The first-order valence-electron chi connectivity index (χ1n) is 3.24. The van der Waals surface area contributed by atoms with Gasteiger partial charge in [0.2, 0.25) is 0 Å². The summed E-state index contributed by atoms with van der Waals surface area (Å²) >= 11 is 2.08. The van der Waals surface area contributed by atoms with Crippen molar-refractivity contribution in [3.05, 3.63) is 33.1 Å². The molecule has 1 atom stereocenters. The lowest BCUT2D eigenvalue weighted by atomic mass is 10.1. The van der Waals surface area contributed by atoms with Crippen molar-refractivity contribution < 1.29 is 9.50 Å². The highest BCUT2D eigenvalue weighted by atomic mass is 127. The Hall–Kier alpha value is -0.160. The Balaban J connectivity index is 3.13. The molecule has 0 spiro atoms. The lowest BCUT2D eigenvalue weighted by molar-refractivity contribution is 0.194. The molecule has 1 nitrogen and oxygen atoms in total. The van der Waals surface area contributed by atoms with Crippen LogP contribution in [0.2, 0.25) is 0 Å². The third-order valence-corrected chi connectivity index (χ3v) is 2.08. The lowest BCUT2D eigenvalue weighted by Gasteiger charge is -2.05. The van der Waals surface area contributed by atoms with E-state index in [0.29, 0.717) is 5.56 Å². The summed E-state index contributed by atoms with van der Waals surface area (Å²) in [4.78, 5) is 0. The molecule has 0 radical (unpaired) electrons. The molecule has 0 aliphatic carbocycles. The zero-order chi connectivity index (χ0) is 8.43. The molecule has 0 aromatic heterocycles. The van der Waals surface area contributed by atoms with Crippen molar-refractivity contribution in [2.75, 3.05) is 0 Å². The zero-order valence-corrected chi connectivity index (χ0v) is 8.17. The smallest absolute Gasteiger partial charge is 0.129 e. The van der Waals surface area contributed by atoms with Crippen LogP contribution in [0, 0.1) is 9.39 Å². The van der Waals surface area contributed by atoms with Crippen LogP contribution in [0.5, 0.6) is 0 Å². The fourth-order valence-electron chi connectivity index (χ4n) is 0.835. The maximum absolute atomic E-state index is 12.9. The van der Waals surface area contributed by atoms with Gasteiger partial charge in [-0.25, -0.2) is 4.39 Å². The highest BCUT2D eigenvalue weighted by molar-refractivity contribution is 14.1. The van der Waals surface area contributed by atoms with Crippen molar-refractivity contribution in [2.24, 2.45) is 0 Å². The van der Waals surface area contributed by atoms with Crippen LogP contribution < -0.4 is 0 Å². The number of aliphatic hydroxyl groups excluding tert-OH is 1. The van der Waals surface area contributed by atoms with Crippen molar-refractivity contribution >= 4 is 22.6 Å². The minimum atomic E-state index is -0.732. The Morgan fingerprint density at radius 1 is 1.55 bits per heavy atom. The molecule has 0 aliphatic rings. The fourth-order valence-corrected chi connectivity index (χ4v) is 1.35. The first-order chi connectivity index (χ1) is 5.11. The minimum Gasteiger partial charge on any atom is -0.389 e.